The average Bonchev–Trinajstić information content (AvgIpc) is 2.89. The summed E-state index contributed by atoms with van der Waals surface area (Å²) in [7, 11) is 0. The molecule has 1 fully saturated rings. The average molecular weight is 285 g/mol. The maximum atomic E-state index is 12.4. The molecule has 0 bridgehead atoms. The minimum Gasteiger partial charge on any atom is -0.369 e. The van der Waals surface area contributed by atoms with Crippen molar-refractivity contribution in [2.24, 2.45) is 17.1 Å². The molecule has 0 aromatic heterocycles. The van der Waals surface area contributed by atoms with Crippen LogP contribution in [0.5, 0.6) is 0 Å². The van der Waals surface area contributed by atoms with E-state index in [9.17, 15) is 14.9 Å². The number of nitrogens with zero attached hydrogens (tertiary/aromatic N) is 2. The summed E-state index contributed by atoms with van der Waals surface area (Å²) >= 11 is 0. The van der Waals surface area contributed by atoms with Crippen LogP contribution in [0.25, 0.3) is 0 Å². The van der Waals surface area contributed by atoms with Gasteiger partial charge in [0.15, 0.2) is 0 Å². The summed E-state index contributed by atoms with van der Waals surface area (Å²) in [6, 6.07) is 11.5. The molecule has 0 saturated carbocycles. The van der Waals surface area contributed by atoms with E-state index < -0.39 is 17.2 Å². The zero-order valence-electron chi connectivity index (χ0n) is 12.1. The Hall–Kier alpha value is -2.35. The lowest BCUT2D eigenvalue weighted by Crippen LogP contribution is -2.40. The Kier molecular flexibility index (Phi) is 4.27. The molecule has 5 nitrogen and oxygen atoms in total. The van der Waals surface area contributed by atoms with Crippen molar-refractivity contribution < 1.29 is 9.59 Å². The first-order valence-corrected chi connectivity index (χ1v) is 6.98. The topological polar surface area (TPSA) is 87.2 Å². The summed E-state index contributed by atoms with van der Waals surface area (Å²) in [6.45, 7) is 2.54. The molecule has 21 heavy (non-hydrogen) atoms. The number of carbonyl (C=O) groups excluding carboxylic acids is 2. The van der Waals surface area contributed by atoms with Crippen molar-refractivity contribution in [2.75, 3.05) is 13.1 Å². The summed E-state index contributed by atoms with van der Waals surface area (Å²) < 4.78 is 0. The van der Waals surface area contributed by atoms with Crippen LogP contribution in [-0.2, 0) is 16.0 Å². The van der Waals surface area contributed by atoms with Crippen LogP contribution >= 0.6 is 0 Å². The van der Waals surface area contributed by atoms with E-state index in [4.69, 9.17) is 5.73 Å². The van der Waals surface area contributed by atoms with Gasteiger partial charge >= 0.3 is 0 Å². The first kappa shape index (κ1) is 15.0. The molecule has 1 aromatic rings. The zero-order chi connectivity index (χ0) is 15.5. The second-order valence-electron chi connectivity index (χ2n) is 5.81. The Morgan fingerprint density at radius 3 is 2.62 bits per heavy atom. The van der Waals surface area contributed by atoms with Gasteiger partial charge in [-0.2, -0.15) is 5.26 Å². The molecule has 2 rings (SSSR count). The molecule has 1 aliphatic heterocycles. The second kappa shape index (κ2) is 5.96. The second-order valence-corrected chi connectivity index (χ2v) is 5.81. The number of carbonyl (C=O) groups is 2. The monoisotopic (exact) mass is 285 g/mol. The lowest BCUT2D eigenvalue weighted by molar-refractivity contribution is -0.133. The van der Waals surface area contributed by atoms with Gasteiger partial charge in [0.25, 0.3) is 0 Å². The van der Waals surface area contributed by atoms with Crippen molar-refractivity contribution >= 4 is 11.8 Å². The number of hydrogen-bond donors (Lipinski definition) is 1. The molecule has 0 radical (unpaired) electrons. The molecular formula is C16H19N3O2. The number of benzene rings is 1. The SMILES string of the molecule is CC1(C(N)=O)CCN(C(=O)C(C#N)Cc2ccccc2)C1. The van der Waals surface area contributed by atoms with Crippen molar-refractivity contribution in [3.05, 3.63) is 35.9 Å². The number of amides is 2. The van der Waals surface area contributed by atoms with Crippen LogP contribution in [0.2, 0.25) is 0 Å². The third-order valence-electron chi connectivity index (χ3n) is 4.12. The third-order valence-corrected chi connectivity index (χ3v) is 4.12. The van der Waals surface area contributed by atoms with Gasteiger partial charge in [0.2, 0.25) is 11.8 Å². The van der Waals surface area contributed by atoms with Crippen LogP contribution in [0.3, 0.4) is 0 Å². The lowest BCUT2D eigenvalue weighted by atomic mass is 9.89. The van der Waals surface area contributed by atoms with Crippen LogP contribution in [0.15, 0.2) is 30.3 Å². The smallest absolute Gasteiger partial charge is 0.240 e. The molecule has 1 saturated heterocycles. The van der Waals surface area contributed by atoms with Gasteiger partial charge in [0, 0.05) is 13.1 Å². The fraction of sp³-hybridized carbons (Fsp3) is 0.438. The van der Waals surface area contributed by atoms with Crippen LogP contribution in [0, 0.1) is 22.7 Å². The molecule has 2 amide bonds. The standard InChI is InChI=1S/C16H19N3O2/c1-16(15(18)21)7-8-19(11-16)14(20)13(10-17)9-12-5-3-2-4-6-12/h2-6,13H,7-9,11H2,1H3,(H2,18,21). The van der Waals surface area contributed by atoms with E-state index in [0.29, 0.717) is 25.9 Å². The fourth-order valence-corrected chi connectivity index (χ4v) is 2.61. The van der Waals surface area contributed by atoms with Crippen LogP contribution in [-0.4, -0.2) is 29.8 Å². The normalized spacial score (nSPS) is 22.6. The van der Waals surface area contributed by atoms with Crippen molar-refractivity contribution in [3.63, 3.8) is 0 Å². The Balaban J connectivity index is 2.05. The fourth-order valence-electron chi connectivity index (χ4n) is 2.61. The molecular weight excluding hydrogens is 266 g/mol. The maximum absolute atomic E-state index is 12.4. The van der Waals surface area contributed by atoms with E-state index >= 15 is 0 Å². The first-order chi connectivity index (χ1) is 9.96. The quantitative estimate of drug-likeness (QED) is 0.898. The van der Waals surface area contributed by atoms with E-state index in [-0.39, 0.29) is 5.91 Å². The van der Waals surface area contributed by atoms with Crippen molar-refractivity contribution in [1.29, 1.82) is 5.26 Å². The minimum absolute atomic E-state index is 0.216. The molecule has 2 N–H and O–H groups in total. The van der Waals surface area contributed by atoms with Gasteiger partial charge < -0.3 is 10.6 Å². The Bertz CT molecular complexity index is 579. The molecule has 5 heteroatoms. The predicted molar refractivity (Wildman–Crippen MR) is 77.7 cm³/mol. The Morgan fingerprint density at radius 2 is 2.10 bits per heavy atom. The molecule has 1 aromatic carbocycles. The molecule has 1 heterocycles. The highest BCUT2D eigenvalue weighted by Gasteiger charge is 2.42. The number of nitrogens with two attached hydrogens (primary N) is 1. The van der Waals surface area contributed by atoms with Gasteiger partial charge in [-0.25, -0.2) is 0 Å². The van der Waals surface area contributed by atoms with E-state index in [1.807, 2.05) is 30.3 Å². The molecule has 1 aliphatic rings. The first-order valence-electron chi connectivity index (χ1n) is 6.98. The van der Waals surface area contributed by atoms with E-state index in [1.165, 1.54) is 0 Å². The minimum atomic E-state index is -0.720. The third kappa shape index (κ3) is 3.22. The van der Waals surface area contributed by atoms with E-state index in [1.54, 1.807) is 11.8 Å². The van der Waals surface area contributed by atoms with Gasteiger partial charge in [-0.15, -0.1) is 0 Å². The van der Waals surface area contributed by atoms with Gasteiger partial charge in [-0.3, -0.25) is 9.59 Å². The van der Waals surface area contributed by atoms with Gasteiger partial charge in [-0.05, 0) is 25.3 Å². The molecule has 110 valence electrons. The van der Waals surface area contributed by atoms with Crippen LogP contribution in [0.4, 0.5) is 0 Å². The number of nitriles is 1. The molecule has 0 aliphatic carbocycles. The van der Waals surface area contributed by atoms with E-state index in [0.717, 1.165) is 5.56 Å². The number of hydrogen-bond acceptors (Lipinski definition) is 3. The van der Waals surface area contributed by atoms with Crippen LogP contribution in [0.1, 0.15) is 18.9 Å². The van der Waals surface area contributed by atoms with Gasteiger partial charge in [-0.1, -0.05) is 30.3 Å². The maximum Gasteiger partial charge on any atom is 0.240 e. The summed E-state index contributed by atoms with van der Waals surface area (Å²) in [5.74, 6) is -1.33. The highest BCUT2D eigenvalue weighted by molar-refractivity contribution is 5.85. The molecule has 2 atom stereocenters. The van der Waals surface area contributed by atoms with Crippen molar-refractivity contribution in [2.45, 2.75) is 19.8 Å². The van der Waals surface area contributed by atoms with Gasteiger partial charge in [0.05, 0.1) is 11.5 Å². The van der Waals surface area contributed by atoms with Gasteiger partial charge in [0.1, 0.15) is 5.92 Å². The van der Waals surface area contributed by atoms with Crippen molar-refractivity contribution in [1.82, 2.24) is 4.90 Å². The summed E-state index contributed by atoms with van der Waals surface area (Å²) in [6.07, 6.45) is 0.942. The predicted octanol–water partition coefficient (Wildman–Crippen LogP) is 1.09. The molecule has 0 spiro atoms. The highest BCUT2D eigenvalue weighted by Crippen LogP contribution is 2.30. The number of rotatable bonds is 4. The number of primary amides is 1. The lowest BCUT2D eigenvalue weighted by Gasteiger charge is -2.22. The van der Waals surface area contributed by atoms with Crippen LogP contribution < -0.4 is 5.73 Å². The summed E-state index contributed by atoms with van der Waals surface area (Å²) in [4.78, 5) is 25.5. The van der Waals surface area contributed by atoms with E-state index in [2.05, 4.69) is 6.07 Å². The zero-order valence-corrected chi connectivity index (χ0v) is 12.1. The number of likely N-dealkylation sites (tertiary alicyclic amines) is 1. The Labute approximate surface area is 124 Å². The van der Waals surface area contributed by atoms with Crippen molar-refractivity contribution in [3.8, 4) is 6.07 Å². The molecule has 2 unspecified atom stereocenters. The summed E-state index contributed by atoms with van der Waals surface area (Å²) in [5, 5.41) is 9.27. The summed E-state index contributed by atoms with van der Waals surface area (Å²) in [5.41, 5.74) is 5.66. The largest absolute Gasteiger partial charge is 0.369 e. The highest BCUT2D eigenvalue weighted by atomic mass is 16.2. The Morgan fingerprint density at radius 1 is 1.43 bits per heavy atom.